The molecule has 0 saturated carbocycles. The summed E-state index contributed by atoms with van der Waals surface area (Å²) in [7, 11) is 0. The first-order chi connectivity index (χ1) is 8.02. The Morgan fingerprint density at radius 3 is 2.82 bits per heavy atom. The van der Waals surface area contributed by atoms with E-state index in [4.69, 9.17) is 5.11 Å². The number of hydrogen-bond acceptors (Lipinski definition) is 3. The molecule has 17 heavy (non-hydrogen) atoms. The summed E-state index contributed by atoms with van der Waals surface area (Å²) >= 11 is 3.21. The Balaban J connectivity index is 2.50. The van der Waals surface area contributed by atoms with Gasteiger partial charge < -0.3 is 10.4 Å². The van der Waals surface area contributed by atoms with E-state index in [1.165, 1.54) is 4.68 Å². The molecule has 1 atom stereocenters. The zero-order chi connectivity index (χ0) is 12.8. The first-order valence-electron chi connectivity index (χ1n) is 5.23. The van der Waals surface area contributed by atoms with E-state index in [1.807, 2.05) is 6.92 Å². The Kier molecular flexibility index (Phi) is 5.14. The van der Waals surface area contributed by atoms with Gasteiger partial charge in [0.15, 0.2) is 0 Å². The topological polar surface area (TPSA) is 84.2 Å². The Morgan fingerprint density at radius 2 is 2.35 bits per heavy atom. The molecule has 1 amide bonds. The fourth-order valence-corrected chi connectivity index (χ4v) is 1.69. The van der Waals surface area contributed by atoms with Crippen LogP contribution in [0.3, 0.4) is 0 Å². The van der Waals surface area contributed by atoms with Crippen LogP contribution in [0.25, 0.3) is 0 Å². The van der Waals surface area contributed by atoms with E-state index in [1.54, 1.807) is 12.4 Å². The molecule has 0 fully saturated rings. The normalized spacial score (nSPS) is 12.1. The molecule has 1 heterocycles. The highest BCUT2D eigenvalue weighted by molar-refractivity contribution is 9.10. The van der Waals surface area contributed by atoms with E-state index < -0.39 is 12.0 Å². The minimum absolute atomic E-state index is 0.0130. The van der Waals surface area contributed by atoms with Crippen LogP contribution in [0.2, 0.25) is 0 Å². The van der Waals surface area contributed by atoms with E-state index in [-0.39, 0.29) is 12.5 Å². The zero-order valence-corrected chi connectivity index (χ0v) is 11.0. The highest BCUT2D eigenvalue weighted by Crippen LogP contribution is 2.06. The van der Waals surface area contributed by atoms with Gasteiger partial charge in [-0.1, -0.05) is 13.3 Å². The molecule has 6 nitrogen and oxygen atoms in total. The summed E-state index contributed by atoms with van der Waals surface area (Å²) in [5.41, 5.74) is 0. The average Bonchev–Trinajstić information content (AvgIpc) is 2.63. The molecule has 0 spiro atoms. The molecule has 0 radical (unpaired) electrons. The summed E-state index contributed by atoms with van der Waals surface area (Å²) in [6.45, 7) is 1.88. The summed E-state index contributed by atoms with van der Waals surface area (Å²) in [6.07, 6.45) is 4.33. The molecule has 0 aliphatic heterocycles. The summed E-state index contributed by atoms with van der Waals surface area (Å²) in [4.78, 5) is 22.4. The third-order valence-electron chi connectivity index (χ3n) is 2.12. The molecule has 1 unspecified atom stereocenters. The van der Waals surface area contributed by atoms with Crippen LogP contribution < -0.4 is 5.32 Å². The van der Waals surface area contributed by atoms with Gasteiger partial charge in [-0.25, -0.2) is 4.79 Å². The summed E-state index contributed by atoms with van der Waals surface area (Å²) in [5, 5.41) is 15.3. The third-order valence-corrected chi connectivity index (χ3v) is 2.53. The number of nitrogens with one attached hydrogen (secondary N) is 1. The first kappa shape index (κ1) is 13.7. The maximum Gasteiger partial charge on any atom is 0.326 e. The molecule has 0 bridgehead atoms. The number of halogens is 1. The minimum atomic E-state index is -1.01. The van der Waals surface area contributed by atoms with Crippen molar-refractivity contribution in [2.24, 2.45) is 0 Å². The lowest BCUT2D eigenvalue weighted by molar-refractivity contribution is -0.142. The second kappa shape index (κ2) is 6.39. The van der Waals surface area contributed by atoms with Gasteiger partial charge in [-0.3, -0.25) is 9.48 Å². The predicted molar refractivity (Wildman–Crippen MR) is 64.4 cm³/mol. The van der Waals surface area contributed by atoms with E-state index in [0.29, 0.717) is 12.8 Å². The van der Waals surface area contributed by atoms with Crippen LogP contribution in [0, 0.1) is 0 Å². The van der Waals surface area contributed by atoms with Gasteiger partial charge >= 0.3 is 5.97 Å². The van der Waals surface area contributed by atoms with E-state index in [0.717, 1.165) is 4.47 Å². The third kappa shape index (κ3) is 4.56. The van der Waals surface area contributed by atoms with E-state index in [9.17, 15) is 9.59 Å². The van der Waals surface area contributed by atoms with Gasteiger partial charge in [-0.2, -0.15) is 5.10 Å². The molecule has 0 saturated heterocycles. The van der Waals surface area contributed by atoms with Crippen LogP contribution in [-0.4, -0.2) is 32.8 Å². The van der Waals surface area contributed by atoms with Gasteiger partial charge in [0, 0.05) is 6.20 Å². The van der Waals surface area contributed by atoms with E-state index in [2.05, 4.69) is 26.3 Å². The lowest BCUT2D eigenvalue weighted by atomic mass is 10.1. The SMILES string of the molecule is CCCC(NC(=O)Cn1cc(Br)cn1)C(=O)O. The monoisotopic (exact) mass is 303 g/mol. The molecule has 7 heteroatoms. The second-order valence-corrected chi connectivity index (χ2v) is 4.52. The van der Waals surface area contributed by atoms with E-state index >= 15 is 0 Å². The van der Waals surface area contributed by atoms with Crippen molar-refractivity contribution in [3.63, 3.8) is 0 Å². The molecule has 1 aromatic heterocycles. The summed E-state index contributed by atoms with van der Waals surface area (Å²) in [5.74, 6) is -1.37. The van der Waals surface area contributed by atoms with Crippen molar-refractivity contribution in [1.82, 2.24) is 15.1 Å². The van der Waals surface area contributed by atoms with Crippen LogP contribution in [0.15, 0.2) is 16.9 Å². The van der Waals surface area contributed by atoms with Crippen molar-refractivity contribution in [2.75, 3.05) is 0 Å². The number of nitrogens with zero attached hydrogens (tertiary/aromatic N) is 2. The molecule has 0 aliphatic rings. The van der Waals surface area contributed by atoms with Gasteiger partial charge in [0.25, 0.3) is 0 Å². The fraction of sp³-hybridized carbons (Fsp3) is 0.500. The number of aliphatic carboxylic acids is 1. The maximum absolute atomic E-state index is 11.6. The van der Waals surface area contributed by atoms with Gasteiger partial charge in [0.1, 0.15) is 12.6 Å². The van der Waals surface area contributed by atoms with Crippen molar-refractivity contribution in [1.29, 1.82) is 0 Å². The number of amides is 1. The lowest BCUT2D eigenvalue weighted by Gasteiger charge is -2.13. The molecule has 94 valence electrons. The van der Waals surface area contributed by atoms with Crippen molar-refractivity contribution in [3.05, 3.63) is 16.9 Å². The van der Waals surface area contributed by atoms with Gasteiger partial charge in [0.05, 0.1) is 10.7 Å². The zero-order valence-electron chi connectivity index (χ0n) is 9.39. The number of carboxylic acid groups (broad SMARTS) is 1. The summed E-state index contributed by atoms with van der Waals surface area (Å²) < 4.78 is 2.21. The number of rotatable bonds is 6. The molecular weight excluding hydrogens is 290 g/mol. The van der Waals surface area contributed by atoms with Crippen molar-refractivity contribution in [2.45, 2.75) is 32.4 Å². The lowest BCUT2D eigenvalue weighted by Crippen LogP contribution is -2.42. The first-order valence-corrected chi connectivity index (χ1v) is 6.02. The van der Waals surface area contributed by atoms with Crippen molar-refractivity contribution >= 4 is 27.8 Å². The molecule has 2 N–H and O–H groups in total. The number of carbonyl (C=O) groups is 2. The largest absolute Gasteiger partial charge is 0.480 e. The highest BCUT2D eigenvalue weighted by Gasteiger charge is 2.18. The molecule has 1 aromatic rings. The van der Waals surface area contributed by atoms with Gasteiger partial charge in [-0.15, -0.1) is 0 Å². The van der Waals surface area contributed by atoms with Gasteiger partial charge in [0.2, 0.25) is 5.91 Å². The standard InChI is InChI=1S/C10H14BrN3O3/c1-2-3-8(10(16)17)13-9(15)6-14-5-7(11)4-12-14/h4-5,8H,2-3,6H2,1H3,(H,13,15)(H,16,17). The quantitative estimate of drug-likeness (QED) is 0.821. The van der Waals surface area contributed by atoms with Crippen LogP contribution in [0.5, 0.6) is 0 Å². The second-order valence-electron chi connectivity index (χ2n) is 3.60. The predicted octanol–water partition coefficient (Wildman–Crippen LogP) is 1.02. The van der Waals surface area contributed by atoms with Crippen molar-refractivity contribution < 1.29 is 14.7 Å². The Labute approximate surface area is 107 Å². The Morgan fingerprint density at radius 1 is 1.65 bits per heavy atom. The van der Waals surface area contributed by atoms with Crippen LogP contribution in [0.4, 0.5) is 0 Å². The number of hydrogen-bond donors (Lipinski definition) is 2. The van der Waals surface area contributed by atoms with Crippen LogP contribution in [0.1, 0.15) is 19.8 Å². The Bertz CT molecular complexity index is 405. The number of carboxylic acids is 1. The van der Waals surface area contributed by atoms with Gasteiger partial charge in [-0.05, 0) is 22.4 Å². The van der Waals surface area contributed by atoms with Crippen LogP contribution >= 0.6 is 15.9 Å². The number of aromatic nitrogens is 2. The molecule has 0 aromatic carbocycles. The smallest absolute Gasteiger partial charge is 0.326 e. The maximum atomic E-state index is 11.6. The molecule has 0 aliphatic carbocycles. The van der Waals surface area contributed by atoms with Crippen LogP contribution in [-0.2, 0) is 16.1 Å². The Hall–Kier alpha value is -1.37. The fourth-order valence-electron chi connectivity index (χ4n) is 1.36. The minimum Gasteiger partial charge on any atom is -0.480 e. The molecular formula is C10H14BrN3O3. The highest BCUT2D eigenvalue weighted by atomic mass is 79.9. The average molecular weight is 304 g/mol. The number of carbonyl (C=O) groups excluding carboxylic acids is 1. The van der Waals surface area contributed by atoms with Crippen molar-refractivity contribution in [3.8, 4) is 0 Å². The molecule has 1 rings (SSSR count). The summed E-state index contributed by atoms with van der Waals surface area (Å²) in [6, 6.07) is -0.827.